The number of nitrogens with zero attached hydrogens (tertiary/aromatic N) is 4. The van der Waals surface area contributed by atoms with Crippen LogP contribution in [0.15, 0.2) is 30.9 Å². The van der Waals surface area contributed by atoms with Crippen LogP contribution in [0.2, 0.25) is 0 Å². The van der Waals surface area contributed by atoms with Gasteiger partial charge in [0.25, 0.3) is 0 Å². The SMILES string of the molecule is CNCc1cnccc1N(C)Cc1nccn1C. The smallest absolute Gasteiger partial charge is 0.127 e. The lowest BCUT2D eigenvalue weighted by Crippen LogP contribution is -2.21. The highest BCUT2D eigenvalue weighted by molar-refractivity contribution is 5.51. The minimum Gasteiger partial charge on any atom is -0.367 e. The third-order valence-corrected chi connectivity index (χ3v) is 2.96. The highest BCUT2D eigenvalue weighted by Crippen LogP contribution is 2.19. The molecule has 0 unspecified atom stereocenters. The third kappa shape index (κ3) is 2.68. The standard InChI is InChI=1S/C13H19N5/c1-14-8-11-9-15-5-4-12(11)18(3)10-13-16-6-7-17(13)2/h4-7,9,14H,8,10H2,1-3H3. The molecule has 0 spiro atoms. The molecule has 2 aromatic rings. The Morgan fingerprint density at radius 2 is 2.22 bits per heavy atom. The van der Waals surface area contributed by atoms with Crippen LogP contribution in [0.25, 0.3) is 0 Å². The van der Waals surface area contributed by atoms with E-state index in [-0.39, 0.29) is 0 Å². The van der Waals surface area contributed by atoms with Crippen molar-refractivity contribution in [1.29, 1.82) is 0 Å². The lowest BCUT2D eigenvalue weighted by atomic mass is 10.2. The van der Waals surface area contributed by atoms with E-state index in [4.69, 9.17) is 0 Å². The maximum atomic E-state index is 4.35. The van der Waals surface area contributed by atoms with E-state index >= 15 is 0 Å². The van der Waals surface area contributed by atoms with E-state index in [0.717, 1.165) is 18.9 Å². The van der Waals surface area contributed by atoms with Gasteiger partial charge in [-0.25, -0.2) is 4.98 Å². The second kappa shape index (κ2) is 5.64. The number of imidazole rings is 1. The first-order valence-corrected chi connectivity index (χ1v) is 5.97. The first-order chi connectivity index (χ1) is 8.72. The molecule has 1 N–H and O–H groups in total. The number of anilines is 1. The van der Waals surface area contributed by atoms with Crippen molar-refractivity contribution in [3.8, 4) is 0 Å². The van der Waals surface area contributed by atoms with Crippen molar-refractivity contribution in [3.63, 3.8) is 0 Å². The fourth-order valence-electron chi connectivity index (χ4n) is 1.97. The maximum Gasteiger partial charge on any atom is 0.127 e. The molecule has 0 aliphatic carbocycles. The van der Waals surface area contributed by atoms with Crippen LogP contribution in [-0.2, 0) is 20.1 Å². The normalized spacial score (nSPS) is 10.6. The molecule has 0 amide bonds. The summed E-state index contributed by atoms with van der Waals surface area (Å²) in [6.07, 6.45) is 7.51. The number of nitrogens with one attached hydrogen (secondary N) is 1. The zero-order chi connectivity index (χ0) is 13.0. The molecule has 0 aromatic carbocycles. The van der Waals surface area contributed by atoms with Crippen LogP contribution < -0.4 is 10.2 Å². The summed E-state index contributed by atoms with van der Waals surface area (Å²) in [5.41, 5.74) is 2.37. The summed E-state index contributed by atoms with van der Waals surface area (Å²) in [4.78, 5) is 10.7. The molecule has 0 saturated carbocycles. The molecule has 5 heteroatoms. The van der Waals surface area contributed by atoms with Gasteiger partial charge in [-0.1, -0.05) is 0 Å². The molecular formula is C13H19N5. The predicted molar refractivity (Wildman–Crippen MR) is 72.3 cm³/mol. The molecule has 2 rings (SSSR count). The predicted octanol–water partition coefficient (Wildman–Crippen LogP) is 1.17. The Balaban J connectivity index is 2.18. The number of rotatable bonds is 5. The van der Waals surface area contributed by atoms with E-state index in [2.05, 4.69) is 27.2 Å². The highest BCUT2D eigenvalue weighted by Gasteiger charge is 2.09. The fraction of sp³-hybridized carbons (Fsp3) is 0.385. The number of hydrogen-bond donors (Lipinski definition) is 1. The van der Waals surface area contributed by atoms with Crippen molar-refractivity contribution in [2.45, 2.75) is 13.1 Å². The van der Waals surface area contributed by atoms with Gasteiger partial charge in [0.2, 0.25) is 0 Å². The summed E-state index contributed by atoms with van der Waals surface area (Å²) in [7, 11) is 6.02. The molecule has 0 bridgehead atoms. The topological polar surface area (TPSA) is 46.0 Å². The molecule has 2 aromatic heterocycles. The highest BCUT2D eigenvalue weighted by atomic mass is 15.2. The molecule has 0 aliphatic rings. The van der Waals surface area contributed by atoms with E-state index in [0.29, 0.717) is 0 Å². The minimum absolute atomic E-state index is 0.782. The maximum absolute atomic E-state index is 4.35. The quantitative estimate of drug-likeness (QED) is 0.859. The first kappa shape index (κ1) is 12.6. The Morgan fingerprint density at radius 1 is 1.39 bits per heavy atom. The summed E-state index contributed by atoms with van der Waals surface area (Å²) in [5, 5.41) is 3.16. The average molecular weight is 245 g/mol. The summed E-state index contributed by atoms with van der Waals surface area (Å²) in [6, 6.07) is 2.04. The van der Waals surface area contributed by atoms with Gasteiger partial charge in [0.15, 0.2) is 0 Å². The van der Waals surface area contributed by atoms with Crippen LogP contribution in [0.4, 0.5) is 5.69 Å². The van der Waals surface area contributed by atoms with E-state index in [1.54, 1.807) is 0 Å². The Kier molecular flexibility index (Phi) is 3.94. The number of hydrogen-bond acceptors (Lipinski definition) is 4. The fourth-order valence-corrected chi connectivity index (χ4v) is 1.97. The van der Waals surface area contributed by atoms with Crippen molar-refractivity contribution >= 4 is 5.69 Å². The number of pyridine rings is 1. The Bertz CT molecular complexity index is 506. The lowest BCUT2D eigenvalue weighted by Gasteiger charge is -2.21. The van der Waals surface area contributed by atoms with Crippen LogP contribution in [0.3, 0.4) is 0 Å². The Labute approximate surface area is 107 Å². The van der Waals surface area contributed by atoms with Gasteiger partial charge < -0.3 is 14.8 Å². The molecule has 96 valence electrons. The van der Waals surface area contributed by atoms with Crippen LogP contribution in [-0.4, -0.2) is 28.6 Å². The molecule has 0 saturated heterocycles. The van der Waals surface area contributed by atoms with E-state index in [1.165, 1.54) is 11.3 Å². The van der Waals surface area contributed by atoms with Gasteiger partial charge in [-0.2, -0.15) is 0 Å². The first-order valence-electron chi connectivity index (χ1n) is 5.97. The van der Waals surface area contributed by atoms with Crippen molar-refractivity contribution in [2.24, 2.45) is 7.05 Å². The van der Waals surface area contributed by atoms with Gasteiger partial charge in [0, 0.05) is 56.7 Å². The second-order valence-corrected chi connectivity index (χ2v) is 4.35. The van der Waals surface area contributed by atoms with Gasteiger partial charge in [-0.3, -0.25) is 4.98 Å². The summed E-state index contributed by atoms with van der Waals surface area (Å²) in [5.74, 6) is 1.05. The van der Waals surface area contributed by atoms with E-state index in [9.17, 15) is 0 Å². The van der Waals surface area contributed by atoms with E-state index < -0.39 is 0 Å². The molecule has 0 atom stereocenters. The largest absolute Gasteiger partial charge is 0.367 e. The third-order valence-electron chi connectivity index (χ3n) is 2.96. The molecule has 0 fully saturated rings. The summed E-state index contributed by atoms with van der Waals surface area (Å²) in [6.45, 7) is 1.60. The Morgan fingerprint density at radius 3 is 2.89 bits per heavy atom. The van der Waals surface area contributed by atoms with Crippen LogP contribution in [0.1, 0.15) is 11.4 Å². The van der Waals surface area contributed by atoms with Crippen LogP contribution >= 0.6 is 0 Å². The van der Waals surface area contributed by atoms with E-state index in [1.807, 2.05) is 49.5 Å². The molecule has 2 heterocycles. The van der Waals surface area contributed by atoms with Gasteiger partial charge in [-0.15, -0.1) is 0 Å². The van der Waals surface area contributed by atoms with Crippen LogP contribution in [0, 0.1) is 0 Å². The molecule has 18 heavy (non-hydrogen) atoms. The molecule has 5 nitrogen and oxygen atoms in total. The van der Waals surface area contributed by atoms with Gasteiger partial charge in [0.1, 0.15) is 5.82 Å². The molecular weight excluding hydrogens is 226 g/mol. The van der Waals surface area contributed by atoms with Gasteiger partial charge in [-0.05, 0) is 13.1 Å². The monoisotopic (exact) mass is 245 g/mol. The molecule has 0 aliphatic heterocycles. The van der Waals surface area contributed by atoms with Crippen molar-refractivity contribution < 1.29 is 0 Å². The molecule has 0 radical (unpaired) electrons. The van der Waals surface area contributed by atoms with Gasteiger partial charge >= 0.3 is 0 Å². The average Bonchev–Trinajstić information content (AvgIpc) is 2.76. The second-order valence-electron chi connectivity index (χ2n) is 4.35. The van der Waals surface area contributed by atoms with Crippen LogP contribution in [0.5, 0.6) is 0 Å². The van der Waals surface area contributed by atoms with Gasteiger partial charge in [0.05, 0.1) is 6.54 Å². The summed E-state index contributed by atoms with van der Waals surface area (Å²) < 4.78 is 2.04. The number of aromatic nitrogens is 3. The number of aryl methyl sites for hydroxylation is 1. The lowest BCUT2D eigenvalue weighted by molar-refractivity contribution is 0.750. The van der Waals surface area contributed by atoms with Crippen molar-refractivity contribution in [2.75, 3.05) is 19.0 Å². The van der Waals surface area contributed by atoms with Crippen molar-refractivity contribution in [1.82, 2.24) is 19.9 Å². The summed E-state index contributed by atoms with van der Waals surface area (Å²) >= 11 is 0. The zero-order valence-electron chi connectivity index (χ0n) is 11.1. The minimum atomic E-state index is 0.782. The zero-order valence-corrected chi connectivity index (χ0v) is 11.1. The van der Waals surface area contributed by atoms with Crippen molar-refractivity contribution in [3.05, 3.63) is 42.2 Å². The Hall–Kier alpha value is -1.88.